The van der Waals surface area contributed by atoms with Gasteiger partial charge in [0.2, 0.25) is 12.2 Å². The molecule has 0 radical (unpaired) electrons. The Balaban J connectivity index is 1.55. The Bertz CT molecular complexity index is 1430. The summed E-state index contributed by atoms with van der Waals surface area (Å²) < 4.78 is 5.72. The Morgan fingerprint density at radius 1 is 1.09 bits per heavy atom. The Labute approximate surface area is 274 Å². The molecule has 1 N–H and O–H groups in total. The average Bonchev–Trinajstić information content (AvgIpc) is 3.54. The number of imide groups is 1. The SMILES string of the molecule is CC(C)CC(C(=O)c1nnc(SCN2C(=O)N(C)C(C)(C)C2=O)o1)N(C=O)C1(NC(=O)c2ccc(CN(C)C)cc2)CCCCC1. The summed E-state index contributed by atoms with van der Waals surface area (Å²) in [7, 11) is 5.51. The molecule has 1 saturated carbocycles. The third-order valence-electron chi connectivity index (χ3n) is 8.74. The van der Waals surface area contributed by atoms with E-state index in [1.807, 2.05) is 45.0 Å². The zero-order valence-corrected chi connectivity index (χ0v) is 28.6. The molecule has 1 atom stereocenters. The van der Waals surface area contributed by atoms with Gasteiger partial charge in [-0.25, -0.2) is 4.79 Å². The normalized spacial score (nSPS) is 18.3. The van der Waals surface area contributed by atoms with Crippen molar-refractivity contribution in [1.29, 1.82) is 0 Å². The monoisotopic (exact) mass is 655 g/mol. The molecule has 4 rings (SSSR count). The van der Waals surface area contributed by atoms with Crippen molar-refractivity contribution in [2.24, 2.45) is 5.92 Å². The van der Waals surface area contributed by atoms with Gasteiger partial charge in [-0.05, 0) is 95.4 Å². The molecule has 1 unspecified atom stereocenters. The van der Waals surface area contributed by atoms with Crippen molar-refractivity contribution in [3.05, 3.63) is 41.3 Å². The summed E-state index contributed by atoms with van der Waals surface area (Å²) in [4.78, 5) is 71.8. The number of aromatic nitrogens is 2. The van der Waals surface area contributed by atoms with E-state index in [0.29, 0.717) is 31.2 Å². The summed E-state index contributed by atoms with van der Waals surface area (Å²) in [5, 5.41) is 11.1. The largest absolute Gasteiger partial charge is 0.408 e. The lowest BCUT2D eigenvalue weighted by atomic mass is 9.84. The molecule has 2 aromatic rings. The number of hydrogen-bond donors (Lipinski definition) is 1. The second-order valence-electron chi connectivity index (χ2n) is 13.3. The van der Waals surface area contributed by atoms with E-state index in [2.05, 4.69) is 15.5 Å². The van der Waals surface area contributed by atoms with Crippen LogP contribution in [0.5, 0.6) is 0 Å². The molecule has 2 aliphatic rings. The summed E-state index contributed by atoms with van der Waals surface area (Å²) in [6.45, 7) is 7.96. The predicted molar refractivity (Wildman–Crippen MR) is 172 cm³/mol. The molecule has 5 amide bonds. The number of likely N-dealkylation sites (N-methyl/N-ethyl adjacent to an activating group) is 1. The first-order valence-electron chi connectivity index (χ1n) is 15.6. The standard InChI is InChI=1S/C32H45N7O6S/c1-21(2)17-24(25(41)27-34-35-29(45-27)46-20-38-28(43)31(3,4)37(7)30(38)44)39(19-40)32(15-9-8-10-16-32)33-26(42)23-13-11-22(12-14-23)18-36(5)6/h11-14,19,21,24H,8-10,15-18,20H2,1-7H3,(H,33,42). The highest BCUT2D eigenvalue weighted by atomic mass is 32.2. The van der Waals surface area contributed by atoms with E-state index in [0.717, 1.165) is 48.0 Å². The van der Waals surface area contributed by atoms with Crippen LogP contribution in [0.4, 0.5) is 4.79 Å². The number of urea groups is 1. The average molecular weight is 656 g/mol. The summed E-state index contributed by atoms with van der Waals surface area (Å²) in [6.07, 6.45) is 4.43. The van der Waals surface area contributed by atoms with E-state index in [1.165, 1.54) is 9.80 Å². The van der Waals surface area contributed by atoms with Crippen molar-refractivity contribution >= 4 is 41.8 Å². The lowest BCUT2D eigenvalue weighted by Crippen LogP contribution is -2.65. The van der Waals surface area contributed by atoms with Gasteiger partial charge in [0.15, 0.2) is 0 Å². The molecular weight excluding hydrogens is 610 g/mol. The van der Waals surface area contributed by atoms with Gasteiger partial charge < -0.3 is 24.4 Å². The molecular formula is C32H45N7O6S. The highest BCUT2D eigenvalue weighted by molar-refractivity contribution is 7.99. The minimum Gasteiger partial charge on any atom is -0.408 e. The lowest BCUT2D eigenvalue weighted by Gasteiger charge is -2.48. The van der Waals surface area contributed by atoms with Crippen LogP contribution in [-0.4, -0.2) is 104 Å². The van der Waals surface area contributed by atoms with E-state index in [9.17, 15) is 24.0 Å². The van der Waals surface area contributed by atoms with Crippen LogP contribution >= 0.6 is 11.8 Å². The van der Waals surface area contributed by atoms with Gasteiger partial charge in [-0.3, -0.25) is 24.1 Å². The molecule has 0 spiro atoms. The fraction of sp³-hybridized carbons (Fsp3) is 0.594. The molecule has 250 valence electrons. The maximum absolute atomic E-state index is 14.0. The molecule has 1 aliphatic carbocycles. The molecule has 2 heterocycles. The van der Waals surface area contributed by atoms with E-state index >= 15 is 0 Å². The zero-order chi connectivity index (χ0) is 33.8. The molecule has 2 fully saturated rings. The number of thioether (sulfide) groups is 1. The summed E-state index contributed by atoms with van der Waals surface area (Å²) in [5.74, 6) is -1.56. The van der Waals surface area contributed by atoms with Crippen molar-refractivity contribution in [2.75, 3.05) is 27.0 Å². The van der Waals surface area contributed by atoms with Crippen LogP contribution in [0.25, 0.3) is 0 Å². The maximum Gasteiger partial charge on any atom is 0.328 e. The van der Waals surface area contributed by atoms with Gasteiger partial charge in [-0.1, -0.05) is 32.4 Å². The Kier molecular flexibility index (Phi) is 10.9. The number of benzene rings is 1. The fourth-order valence-corrected chi connectivity index (χ4v) is 6.69. The van der Waals surface area contributed by atoms with Crippen LogP contribution in [-0.2, 0) is 16.1 Å². The quantitative estimate of drug-likeness (QED) is 0.104. The minimum absolute atomic E-state index is 0.00987. The Hall–Kier alpha value is -3.78. The van der Waals surface area contributed by atoms with E-state index in [-0.39, 0.29) is 34.7 Å². The van der Waals surface area contributed by atoms with Crippen molar-refractivity contribution in [1.82, 2.24) is 35.1 Å². The molecule has 1 saturated heterocycles. The van der Waals surface area contributed by atoms with Crippen molar-refractivity contribution in [3.63, 3.8) is 0 Å². The van der Waals surface area contributed by atoms with Gasteiger partial charge in [-0.15, -0.1) is 10.2 Å². The highest BCUT2D eigenvalue weighted by Gasteiger charge is 2.49. The minimum atomic E-state index is -1.08. The lowest BCUT2D eigenvalue weighted by molar-refractivity contribution is -0.131. The highest BCUT2D eigenvalue weighted by Crippen LogP contribution is 2.35. The predicted octanol–water partition coefficient (Wildman–Crippen LogP) is 4.00. The van der Waals surface area contributed by atoms with Gasteiger partial charge in [-0.2, -0.15) is 0 Å². The first-order valence-corrected chi connectivity index (χ1v) is 16.6. The number of amides is 5. The van der Waals surface area contributed by atoms with Crippen LogP contribution in [0.1, 0.15) is 92.8 Å². The van der Waals surface area contributed by atoms with Gasteiger partial charge in [0, 0.05) is 19.2 Å². The first kappa shape index (κ1) is 35.1. The first-order chi connectivity index (χ1) is 21.7. The molecule has 0 bridgehead atoms. The molecule has 46 heavy (non-hydrogen) atoms. The second kappa shape index (κ2) is 14.3. The number of nitrogens with zero attached hydrogens (tertiary/aromatic N) is 6. The van der Waals surface area contributed by atoms with Crippen molar-refractivity contribution in [2.45, 2.75) is 95.2 Å². The summed E-state index contributed by atoms with van der Waals surface area (Å²) in [6, 6.07) is 5.93. The molecule has 1 aliphatic heterocycles. The van der Waals surface area contributed by atoms with Crippen LogP contribution in [0.3, 0.4) is 0 Å². The van der Waals surface area contributed by atoms with Crippen LogP contribution in [0.2, 0.25) is 0 Å². The molecule has 1 aromatic carbocycles. The molecule has 1 aromatic heterocycles. The fourth-order valence-electron chi connectivity index (χ4n) is 5.99. The zero-order valence-electron chi connectivity index (χ0n) is 27.7. The molecule has 13 nitrogen and oxygen atoms in total. The second-order valence-corrected chi connectivity index (χ2v) is 14.2. The van der Waals surface area contributed by atoms with Crippen LogP contribution in [0.15, 0.2) is 33.9 Å². The number of rotatable bonds is 14. The van der Waals surface area contributed by atoms with Crippen molar-refractivity contribution in [3.8, 4) is 0 Å². The van der Waals surface area contributed by atoms with E-state index < -0.39 is 29.1 Å². The van der Waals surface area contributed by atoms with Gasteiger partial charge in [0.05, 0.1) is 5.88 Å². The van der Waals surface area contributed by atoms with Gasteiger partial charge in [0.25, 0.3) is 22.9 Å². The number of ketones is 1. The third-order valence-corrected chi connectivity index (χ3v) is 9.54. The number of Topliss-reactive ketones (excluding diaryl/α,β-unsaturated/α-hetero) is 1. The smallest absolute Gasteiger partial charge is 0.328 e. The molecule has 14 heteroatoms. The van der Waals surface area contributed by atoms with Crippen molar-refractivity contribution < 1.29 is 28.4 Å². The topological polar surface area (TPSA) is 149 Å². The van der Waals surface area contributed by atoms with Crippen LogP contribution in [0, 0.1) is 5.92 Å². The van der Waals surface area contributed by atoms with E-state index in [1.54, 1.807) is 33.0 Å². The van der Waals surface area contributed by atoms with Gasteiger partial charge in [0.1, 0.15) is 17.2 Å². The van der Waals surface area contributed by atoms with Crippen LogP contribution < -0.4 is 5.32 Å². The Morgan fingerprint density at radius 3 is 2.28 bits per heavy atom. The number of carbonyl (C=O) groups excluding carboxylic acids is 5. The number of nitrogens with one attached hydrogen (secondary N) is 1. The van der Waals surface area contributed by atoms with E-state index in [4.69, 9.17) is 4.42 Å². The summed E-state index contributed by atoms with van der Waals surface area (Å²) >= 11 is 0.966. The van der Waals surface area contributed by atoms with Gasteiger partial charge >= 0.3 is 6.03 Å². The third kappa shape index (κ3) is 7.43. The number of hydrogen-bond acceptors (Lipinski definition) is 10. The maximum atomic E-state index is 14.0. The number of carbonyl (C=O) groups is 5. The Morgan fingerprint density at radius 2 is 1.74 bits per heavy atom. The summed E-state index contributed by atoms with van der Waals surface area (Å²) in [5.41, 5.74) is -0.525.